The van der Waals surface area contributed by atoms with Gasteiger partial charge in [-0.1, -0.05) is 42.5 Å². The molecule has 6 heteroatoms. The van der Waals surface area contributed by atoms with Crippen LogP contribution in [0.5, 0.6) is 0 Å². The Balaban J connectivity index is 1.89. The summed E-state index contributed by atoms with van der Waals surface area (Å²) in [5, 5.41) is 6.21. The summed E-state index contributed by atoms with van der Waals surface area (Å²) in [6, 6.07) is 14.0. The van der Waals surface area contributed by atoms with Gasteiger partial charge in [0.05, 0.1) is 0 Å². The number of benzene rings is 2. The van der Waals surface area contributed by atoms with E-state index in [9.17, 15) is 9.18 Å². The molecule has 0 aliphatic carbocycles. The van der Waals surface area contributed by atoms with Gasteiger partial charge < -0.3 is 5.32 Å². The number of nitrogens with one attached hydrogen (secondary N) is 2. The number of aryl methyl sites for hydroxylation is 2. The Morgan fingerprint density at radius 2 is 1.79 bits per heavy atom. The third kappa shape index (κ3) is 5.45. The number of hydrogen-bond acceptors (Lipinski definition) is 4. The highest BCUT2D eigenvalue weighted by Crippen LogP contribution is 2.26. The Kier molecular flexibility index (Phi) is 7.03. The number of halogens is 1. The van der Waals surface area contributed by atoms with Crippen LogP contribution in [-0.2, 0) is 11.2 Å². The largest absolute Gasteiger partial charge is 0.358 e. The zero-order chi connectivity index (χ0) is 20.6. The van der Waals surface area contributed by atoms with E-state index in [4.69, 9.17) is 0 Å². The van der Waals surface area contributed by atoms with E-state index in [1.54, 1.807) is 32.4 Å². The molecule has 0 bridgehead atoms. The molecule has 0 radical (unpaired) electrons. The molecular weight excluding hydrogens is 367 g/mol. The molecule has 1 heterocycles. The monoisotopic (exact) mass is 392 g/mol. The zero-order valence-electron chi connectivity index (χ0n) is 16.6. The number of carbonyl (C=O) groups excluding carboxylic acids is 1. The fourth-order valence-corrected chi connectivity index (χ4v) is 3.32. The van der Waals surface area contributed by atoms with Crippen LogP contribution in [0.2, 0.25) is 0 Å². The standard InChI is InChI=1S/C23H25FN4O/c1-16-12-19(9-10-20(16)24)21(11-8-17-13-26-15-27-14-17)28-22(23(29)25-2)18-6-4-3-5-7-18/h3-7,9-10,12-15,21-22,28H,8,11H2,1-2H3,(H,25,29). The molecule has 150 valence electrons. The number of carbonyl (C=O) groups is 1. The minimum Gasteiger partial charge on any atom is -0.358 e. The van der Waals surface area contributed by atoms with Crippen LogP contribution >= 0.6 is 0 Å². The van der Waals surface area contributed by atoms with Crippen molar-refractivity contribution in [3.05, 3.63) is 95.3 Å². The van der Waals surface area contributed by atoms with E-state index in [2.05, 4.69) is 20.6 Å². The first-order valence-electron chi connectivity index (χ1n) is 9.61. The van der Waals surface area contributed by atoms with Crippen molar-refractivity contribution < 1.29 is 9.18 Å². The van der Waals surface area contributed by atoms with Crippen LogP contribution in [0.25, 0.3) is 0 Å². The number of hydrogen-bond donors (Lipinski definition) is 2. The fraction of sp³-hybridized carbons (Fsp3) is 0.261. The maximum absolute atomic E-state index is 13.8. The summed E-state index contributed by atoms with van der Waals surface area (Å²) in [6.07, 6.45) is 6.50. The van der Waals surface area contributed by atoms with Crippen LogP contribution in [0.1, 0.15) is 40.8 Å². The van der Waals surface area contributed by atoms with Gasteiger partial charge in [-0.3, -0.25) is 10.1 Å². The molecule has 5 nitrogen and oxygen atoms in total. The highest BCUT2D eigenvalue weighted by molar-refractivity contribution is 5.83. The second-order valence-electron chi connectivity index (χ2n) is 6.97. The van der Waals surface area contributed by atoms with Crippen molar-refractivity contribution in [3.8, 4) is 0 Å². The lowest BCUT2D eigenvalue weighted by Crippen LogP contribution is -2.38. The van der Waals surface area contributed by atoms with Gasteiger partial charge in [-0.05, 0) is 48.1 Å². The number of rotatable bonds is 8. The van der Waals surface area contributed by atoms with Crippen LogP contribution in [0.3, 0.4) is 0 Å². The lowest BCUT2D eigenvalue weighted by Gasteiger charge is -2.26. The molecule has 2 aromatic carbocycles. The first-order chi connectivity index (χ1) is 14.1. The first-order valence-corrected chi connectivity index (χ1v) is 9.61. The van der Waals surface area contributed by atoms with Crippen molar-refractivity contribution in [2.75, 3.05) is 7.05 Å². The molecule has 3 rings (SSSR count). The molecule has 2 N–H and O–H groups in total. The van der Waals surface area contributed by atoms with Gasteiger partial charge in [0.1, 0.15) is 18.2 Å². The Bertz CT molecular complexity index is 934. The van der Waals surface area contributed by atoms with Gasteiger partial charge in [0, 0.05) is 25.5 Å². The van der Waals surface area contributed by atoms with Crippen molar-refractivity contribution in [3.63, 3.8) is 0 Å². The maximum Gasteiger partial charge on any atom is 0.241 e. The Morgan fingerprint density at radius 1 is 1.07 bits per heavy atom. The number of amides is 1. The highest BCUT2D eigenvalue weighted by atomic mass is 19.1. The molecule has 29 heavy (non-hydrogen) atoms. The minimum atomic E-state index is -0.524. The molecule has 0 spiro atoms. The molecule has 1 aromatic heterocycles. The molecule has 0 aliphatic heterocycles. The van der Waals surface area contributed by atoms with E-state index in [1.165, 1.54) is 12.4 Å². The van der Waals surface area contributed by atoms with Crippen molar-refractivity contribution in [1.82, 2.24) is 20.6 Å². The second-order valence-corrected chi connectivity index (χ2v) is 6.97. The van der Waals surface area contributed by atoms with E-state index >= 15 is 0 Å². The Morgan fingerprint density at radius 3 is 2.45 bits per heavy atom. The zero-order valence-corrected chi connectivity index (χ0v) is 16.6. The molecule has 3 aromatic rings. The van der Waals surface area contributed by atoms with E-state index < -0.39 is 6.04 Å². The van der Waals surface area contributed by atoms with E-state index in [0.29, 0.717) is 12.0 Å². The average molecular weight is 392 g/mol. The third-order valence-corrected chi connectivity index (χ3v) is 4.93. The van der Waals surface area contributed by atoms with Crippen molar-refractivity contribution >= 4 is 5.91 Å². The van der Waals surface area contributed by atoms with Crippen molar-refractivity contribution in [1.29, 1.82) is 0 Å². The molecule has 2 unspecified atom stereocenters. The maximum atomic E-state index is 13.8. The lowest BCUT2D eigenvalue weighted by molar-refractivity contribution is -0.123. The molecule has 0 aliphatic rings. The molecular formula is C23H25FN4O. The smallest absolute Gasteiger partial charge is 0.241 e. The lowest BCUT2D eigenvalue weighted by atomic mass is 9.96. The van der Waals surface area contributed by atoms with Crippen LogP contribution in [0, 0.1) is 12.7 Å². The summed E-state index contributed by atoms with van der Waals surface area (Å²) < 4.78 is 13.8. The number of likely N-dealkylation sites (N-methyl/N-ethyl adjacent to an activating group) is 1. The summed E-state index contributed by atoms with van der Waals surface area (Å²) in [6.45, 7) is 1.74. The van der Waals surface area contributed by atoms with Gasteiger partial charge in [0.25, 0.3) is 0 Å². The molecule has 0 fully saturated rings. The summed E-state index contributed by atoms with van der Waals surface area (Å²) >= 11 is 0. The number of nitrogens with zero attached hydrogens (tertiary/aromatic N) is 2. The van der Waals surface area contributed by atoms with Gasteiger partial charge in [-0.25, -0.2) is 14.4 Å². The summed E-state index contributed by atoms with van der Waals surface area (Å²) in [5.74, 6) is -0.363. The molecule has 0 saturated heterocycles. The van der Waals surface area contributed by atoms with Crippen LogP contribution in [0.4, 0.5) is 4.39 Å². The third-order valence-electron chi connectivity index (χ3n) is 4.93. The minimum absolute atomic E-state index is 0.122. The predicted octanol–water partition coefficient (Wildman–Crippen LogP) is 3.67. The molecule has 1 amide bonds. The summed E-state index contributed by atoms with van der Waals surface area (Å²) in [4.78, 5) is 20.8. The summed E-state index contributed by atoms with van der Waals surface area (Å²) in [7, 11) is 1.62. The normalized spacial score (nSPS) is 12.9. The Labute approximate surface area is 170 Å². The van der Waals surface area contributed by atoms with Crippen LogP contribution in [0.15, 0.2) is 67.3 Å². The first kappa shape index (κ1) is 20.6. The Hall–Kier alpha value is -3.12. The SMILES string of the molecule is CNC(=O)C(NC(CCc1cncnc1)c1ccc(F)c(C)c1)c1ccccc1. The van der Waals surface area contributed by atoms with E-state index in [1.807, 2.05) is 36.4 Å². The predicted molar refractivity (Wildman–Crippen MR) is 111 cm³/mol. The number of aromatic nitrogens is 2. The molecule has 2 atom stereocenters. The van der Waals surface area contributed by atoms with Gasteiger partial charge in [-0.15, -0.1) is 0 Å². The van der Waals surface area contributed by atoms with E-state index in [-0.39, 0.29) is 17.8 Å². The fourth-order valence-electron chi connectivity index (χ4n) is 3.32. The van der Waals surface area contributed by atoms with Crippen molar-refractivity contribution in [2.45, 2.75) is 31.8 Å². The summed E-state index contributed by atoms with van der Waals surface area (Å²) in [5.41, 5.74) is 3.40. The van der Waals surface area contributed by atoms with Gasteiger partial charge in [0.2, 0.25) is 5.91 Å². The highest BCUT2D eigenvalue weighted by Gasteiger charge is 2.24. The topological polar surface area (TPSA) is 66.9 Å². The van der Waals surface area contributed by atoms with E-state index in [0.717, 1.165) is 23.1 Å². The van der Waals surface area contributed by atoms with Crippen molar-refractivity contribution in [2.24, 2.45) is 0 Å². The van der Waals surface area contributed by atoms with Crippen LogP contribution in [-0.4, -0.2) is 22.9 Å². The van der Waals surface area contributed by atoms with Crippen LogP contribution < -0.4 is 10.6 Å². The average Bonchev–Trinajstić information content (AvgIpc) is 2.77. The van der Waals surface area contributed by atoms with Gasteiger partial charge in [0.15, 0.2) is 0 Å². The van der Waals surface area contributed by atoms with Gasteiger partial charge in [-0.2, -0.15) is 0 Å². The quantitative estimate of drug-likeness (QED) is 0.614. The van der Waals surface area contributed by atoms with Gasteiger partial charge >= 0.3 is 0 Å². The molecule has 0 saturated carbocycles. The second kappa shape index (κ2) is 9.89.